The van der Waals surface area contributed by atoms with Crippen LogP contribution in [-0.4, -0.2) is 25.3 Å². The topological polar surface area (TPSA) is 37.4 Å². The van der Waals surface area contributed by atoms with Crippen molar-refractivity contribution in [3.8, 4) is 0 Å². The van der Waals surface area contributed by atoms with Crippen LogP contribution in [0.2, 0.25) is 5.02 Å². The maximum Gasteiger partial charge on any atom is 0.243 e. The average Bonchev–Trinajstić information content (AvgIpc) is 3.26. The van der Waals surface area contributed by atoms with Crippen molar-refractivity contribution in [2.45, 2.75) is 49.4 Å². The molecule has 0 saturated heterocycles. The van der Waals surface area contributed by atoms with Crippen molar-refractivity contribution in [3.05, 3.63) is 28.5 Å². The number of rotatable bonds is 7. The quantitative estimate of drug-likeness (QED) is 0.689. The molecule has 0 aliphatic heterocycles. The fourth-order valence-electron chi connectivity index (χ4n) is 2.18. The Morgan fingerprint density at radius 1 is 1.38 bits per heavy atom. The fraction of sp³-hybridized carbons (Fsp3) is 0.571. The second-order valence-corrected chi connectivity index (χ2v) is 7.75. The zero-order valence-electron chi connectivity index (χ0n) is 11.8. The predicted octanol–water partition coefficient (Wildman–Crippen LogP) is 4.17. The summed E-state index contributed by atoms with van der Waals surface area (Å²) >= 11 is 11.5. The molecule has 3 nitrogen and oxygen atoms in total. The number of unbranched alkanes of at least 4 members (excludes halogenated alkanes) is 1. The normalized spacial score (nSPS) is 15.7. The molecule has 0 amide bonds. The van der Waals surface area contributed by atoms with E-state index >= 15 is 0 Å². The minimum Gasteiger partial charge on any atom is -0.207 e. The third-order valence-corrected chi connectivity index (χ3v) is 6.15. The first-order chi connectivity index (χ1) is 9.91. The van der Waals surface area contributed by atoms with Crippen LogP contribution < -0.4 is 0 Å². The van der Waals surface area contributed by atoms with Crippen LogP contribution in [0.1, 0.15) is 38.2 Å². The van der Waals surface area contributed by atoms with Crippen molar-refractivity contribution < 1.29 is 12.8 Å². The van der Waals surface area contributed by atoms with E-state index < -0.39 is 15.8 Å². The molecule has 0 spiro atoms. The van der Waals surface area contributed by atoms with Crippen LogP contribution in [0.15, 0.2) is 17.0 Å². The number of halogens is 3. The minimum absolute atomic E-state index is 0.0303. The number of hydrogen-bond donors (Lipinski definition) is 0. The van der Waals surface area contributed by atoms with Gasteiger partial charge in [-0.1, -0.05) is 24.9 Å². The zero-order valence-corrected chi connectivity index (χ0v) is 14.1. The smallest absolute Gasteiger partial charge is 0.207 e. The van der Waals surface area contributed by atoms with Gasteiger partial charge in [0.1, 0.15) is 5.82 Å². The largest absolute Gasteiger partial charge is 0.243 e. The number of nitrogens with zero attached hydrogens (tertiary/aromatic N) is 1. The highest BCUT2D eigenvalue weighted by molar-refractivity contribution is 7.89. The lowest BCUT2D eigenvalue weighted by Gasteiger charge is -2.22. The van der Waals surface area contributed by atoms with Crippen molar-refractivity contribution in [1.29, 1.82) is 0 Å². The molecule has 1 saturated carbocycles. The van der Waals surface area contributed by atoms with E-state index in [1.807, 2.05) is 6.92 Å². The highest BCUT2D eigenvalue weighted by Gasteiger charge is 2.38. The number of alkyl halides is 1. The van der Waals surface area contributed by atoms with Gasteiger partial charge in [-0.25, -0.2) is 12.8 Å². The average molecular weight is 354 g/mol. The molecule has 1 aromatic rings. The van der Waals surface area contributed by atoms with Crippen LogP contribution in [0, 0.1) is 5.82 Å². The lowest BCUT2D eigenvalue weighted by molar-refractivity contribution is 0.395. The van der Waals surface area contributed by atoms with Crippen LogP contribution in [-0.2, 0) is 15.9 Å². The van der Waals surface area contributed by atoms with Crippen LogP contribution in [0.5, 0.6) is 0 Å². The SMILES string of the molecule is CCCCN(C1CC1)S(=O)(=O)c1cc(F)c(Cl)c(CCl)c1. The number of benzene rings is 1. The first kappa shape index (κ1) is 17.0. The molecular formula is C14H18Cl2FNO2S. The number of sulfonamides is 1. The minimum atomic E-state index is -3.71. The van der Waals surface area contributed by atoms with E-state index in [0.717, 1.165) is 31.7 Å². The Bertz CT molecular complexity index is 618. The molecule has 1 fully saturated rings. The van der Waals surface area contributed by atoms with Gasteiger partial charge in [-0.15, -0.1) is 11.6 Å². The molecule has 2 rings (SSSR count). The monoisotopic (exact) mass is 353 g/mol. The summed E-state index contributed by atoms with van der Waals surface area (Å²) in [6, 6.07) is 2.39. The Kier molecular flexibility index (Phi) is 5.52. The first-order valence-corrected chi connectivity index (χ1v) is 9.32. The second-order valence-electron chi connectivity index (χ2n) is 5.21. The Balaban J connectivity index is 2.39. The Morgan fingerprint density at radius 2 is 2.05 bits per heavy atom. The maximum absolute atomic E-state index is 13.8. The van der Waals surface area contributed by atoms with Crippen molar-refractivity contribution in [3.63, 3.8) is 0 Å². The van der Waals surface area contributed by atoms with E-state index in [0.29, 0.717) is 12.1 Å². The van der Waals surface area contributed by atoms with Gasteiger partial charge in [0.15, 0.2) is 0 Å². The highest BCUT2D eigenvalue weighted by atomic mass is 35.5. The van der Waals surface area contributed by atoms with Crippen molar-refractivity contribution in [2.75, 3.05) is 6.54 Å². The molecule has 118 valence electrons. The Labute approximate surface area is 135 Å². The first-order valence-electron chi connectivity index (χ1n) is 6.97. The van der Waals surface area contributed by atoms with E-state index in [-0.39, 0.29) is 21.8 Å². The molecule has 0 radical (unpaired) electrons. The molecule has 0 atom stereocenters. The van der Waals surface area contributed by atoms with Crippen LogP contribution in [0.25, 0.3) is 0 Å². The Hall–Kier alpha value is -0.360. The van der Waals surface area contributed by atoms with Gasteiger partial charge >= 0.3 is 0 Å². The van der Waals surface area contributed by atoms with E-state index in [1.54, 1.807) is 0 Å². The van der Waals surface area contributed by atoms with Gasteiger partial charge in [-0.3, -0.25) is 0 Å². The lowest BCUT2D eigenvalue weighted by atomic mass is 10.2. The molecule has 0 unspecified atom stereocenters. The summed E-state index contributed by atoms with van der Waals surface area (Å²) in [5, 5.41) is -0.115. The van der Waals surface area contributed by atoms with Crippen LogP contribution in [0.3, 0.4) is 0 Å². The van der Waals surface area contributed by atoms with Gasteiger partial charge in [0.05, 0.1) is 9.92 Å². The van der Waals surface area contributed by atoms with Gasteiger partial charge in [-0.2, -0.15) is 4.31 Å². The zero-order chi connectivity index (χ0) is 15.6. The van der Waals surface area contributed by atoms with E-state index in [1.165, 1.54) is 10.4 Å². The van der Waals surface area contributed by atoms with Gasteiger partial charge in [0.25, 0.3) is 0 Å². The summed E-state index contributed by atoms with van der Waals surface area (Å²) in [5.41, 5.74) is 0.295. The number of hydrogen-bond acceptors (Lipinski definition) is 2. The summed E-state index contributed by atoms with van der Waals surface area (Å²) in [5.74, 6) is -0.781. The summed E-state index contributed by atoms with van der Waals surface area (Å²) < 4.78 is 40.7. The molecule has 7 heteroatoms. The van der Waals surface area contributed by atoms with Crippen molar-refractivity contribution in [1.82, 2.24) is 4.31 Å². The summed E-state index contributed by atoms with van der Waals surface area (Å²) in [7, 11) is -3.71. The summed E-state index contributed by atoms with van der Waals surface area (Å²) in [4.78, 5) is -0.0666. The lowest BCUT2D eigenvalue weighted by Crippen LogP contribution is -2.34. The van der Waals surface area contributed by atoms with Crippen LogP contribution >= 0.6 is 23.2 Å². The van der Waals surface area contributed by atoms with Gasteiger partial charge in [0, 0.05) is 18.5 Å². The highest BCUT2D eigenvalue weighted by Crippen LogP contribution is 2.34. The standard InChI is InChI=1S/C14H18Cl2FNO2S/c1-2-3-6-18(11-4-5-11)21(19,20)12-7-10(9-15)14(16)13(17)8-12/h7-8,11H,2-6,9H2,1H3. The molecule has 1 aliphatic carbocycles. The molecular weight excluding hydrogens is 336 g/mol. The molecule has 21 heavy (non-hydrogen) atoms. The van der Waals surface area contributed by atoms with Crippen molar-refractivity contribution in [2.24, 2.45) is 0 Å². The molecule has 0 N–H and O–H groups in total. The molecule has 1 aliphatic rings. The maximum atomic E-state index is 13.8. The van der Waals surface area contributed by atoms with Crippen molar-refractivity contribution >= 4 is 33.2 Å². The molecule has 0 aromatic heterocycles. The van der Waals surface area contributed by atoms with E-state index in [9.17, 15) is 12.8 Å². The Morgan fingerprint density at radius 3 is 2.57 bits per heavy atom. The van der Waals surface area contributed by atoms with Gasteiger partial charge < -0.3 is 0 Å². The van der Waals surface area contributed by atoms with Gasteiger partial charge in [-0.05, 0) is 37.0 Å². The third kappa shape index (κ3) is 3.70. The molecule has 0 heterocycles. The summed E-state index contributed by atoms with van der Waals surface area (Å²) in [6.45, 7) is 2.47. The van der Waals surface area contributed by atoms with Gasteiger partial charge in [0.2, 0.25) is 10.0 Å². The van der Waals surface area contributed by atoms with Crippen LogP contribution in [0.4, 0.5) is 4.39 Å². The second kappa shape index (κ2) is 6.82. The predicted molar refractivity (Wildman–Crippen MR) is 82.8 cm³/mol. The fourth-order valence-corrected chi connectivity index (χ4v) is 4.42. The summed E-state index contributed by atoms with van der Waals surface area (Å²) in [6.07, 6.45) is 3.41. The van der Waals surface area contributed by atoms with E-state index in [2.05, 4.69) is 0 Å². The van der Waals surface area contributed by atoms with E-state index in [4.69, 9.17) is 23.2 Å². The third-order valence-electron chi connectivity index (χ3n) is 3.51. The molecule has 1 aromatic carbocycles. The molecule has 0 bridgehead atoms.